The van der Waals surface area contributed by atoms with Crippen LogP contribution in [-0.4, -0.2) is 27.7 Å². The van der Waals surface area contributed by atoms with Crippen LogP contribution >= 0.6 is 11.3 Å². The molecular formula is C12H19N5OS. The van der Waals surface area contributed by atoms with E-state index in [0.717, 1.165) is 22.5 Å². The summed E-state index contributed by atoms with van der Waals surface area (Å²) in [6.07, 6.45) is 1.61. The van der Waals surface area contributed by atoms with Crippen LogP contribution in [0.1, 0.15) is 24.6 Å². The van der Waals surface area contributed by atoms with Crippen molar-refractivity contribution in [2.75, 3.05) is 17.3 Å². The van der Waals surface area contributed by atoms with Crippen molar-refractivity contribution in [1.82, 2.24) is 9.97 Å². The van der Waals surface area contributed by atoms with Gasteiger partial charge >= 0.3 is 0 Å². The Bertz CT molecular complexity index is 556. The van der Waals surface area contributed by atoms with Gasteiger partial charge < -0.3 is 10.4 Å². The van der Waals surface area contributed by atoms with Crippen LogP contribution in [0.3, 0.4) is 0 Å². The fraction of sp³-hybridized carbons (Fsp3) is 0.500. The van der Waals surface area contributed by atoms with Crippen molar-refractivity contribution >= 4 is 33.3 Å². The van der Waals surface area contributed by atoms with E-state index >= 15 is 0 Å². The van der Waals surface area contributed by atoms with Crippen LogP contribution < -0.4 is 16.6 Å². The number of thiophene rings is 1. The molecule has 0 fully saturated rings. The number of hydrazine groups is 1. The van der Waals surface area contributed by atoms with Crippen molar-refractivity contribution in [1.29, 1.82) is 0 Å². The summed E-state index contributed by atoms with van der Waals surface area (Å²) in [4.78, 5) is 10.8. The zero-order valence-electron chi connectivity index (χ0n) is 11.1. The first-order valence-corrected chi connectivity index (χ1v) is 7.11. The van der Waals surface area contributed by atoms with E-state index in [9.17, 15) is 0 Å². The van der Waals surface area contributed by atoms with Crippen molar-refractivity contribution in [2.24, 2.45) is 5.84 Å². The number of nitrogens with two attached hydrogens (primary N) is 1. The predicted octanol–water partition coefficient (Wildman–Crippen LogP) is 1.86. The molecule has 7 heteroatoms. The third-order valence-corrected chi connectivity index (χ3v) is 3.90. The Labute approximate surface area is 116 Å². The van der Waals surface area contributed by atoms with E-state index in [4.69, 9.17) is 10.9 Å². The summed E-state index contributed by atoms with van der Waals surface area (Å²) in [5.41, 5.74) is 2.49. The molecule has 1 unspecified atom stereocenters. The van der Waals surface area contributed by atoms with E-state index in [0.29, 0.717) is 12.4 Å². The average Bonchev–Trinajstić information content (AvgIpc) is 2.78. The molecule has 0 saturated carbocycles. The van der Waals surface area contributed by atoms with Gasteiger partial charge in [0.1, 0.15) is 10.6 Å². The molecule has 0 aliphatic carbocycles. The summed E-state index contributed by atoms with van der Waals surface area (Å²) in [7, 11) is 0. The number of hydrogen-bond acceptors (Lipinski definition) is 7. The molecule has 0 spiro atoms. The minimum Gasteiger partial charge on any atom is -0.396 e. The quantitative estimate of drug-likeness (QED) is 0.477. The van der Waals surface area contributed by atoms with Crippen LogP contribution in [0.4, 0.5) is 11.8 Å². The largest absolute Gasteiger partial charge is 0.396 e. The van der Waals surface area contributed by atoms with Crippen LogP contribution in [0.5, 0.6) is 0 Å². The SMILES string of the molecule is CCC(CCO)Nc1nc(NN)nc2sc(C)cc12. The lowest BCUT2D eigenvalue weighted by Crippen LogP contribution is -2.21. The van der Waals surface area contributed by atoms with Crippen molar-refractivity contribution in [3.05, 3.63) is 10.9 Å². The molecule has 2 rings (SSSR count). The van der Waals surface area contributed by atoms with Crippen molar-refractivity contribution < 1.29 is 5.11 Å². The Hall–Kier alpha value is -1.44. The molecule has 0 radical (unpaired) electrons. The molecule has 19 heavy (non-hydrogen) atoms. The second-order valence-electron chi connectivity index (χ2n) is 4.38. The molecule has 2 heterocycles. The topological polar surface area (TPSA) is 96.1 Å². The van der Waals surface area contributed by atoms with Gasteiger partial charge in [-0.1, -0.05) is 6.92 Å². The van der Waals surface area contributed by atoms with Crippen LogP contribution in [0.25, 0.3) is 10.2 Å². The van der Waals surface area contributed by atoms with Crippen molar-refractivity contribution in [3.8, 4) is 0 Å². The van der Waals surface area contributed by atoms with E-state index in [1.165, 1.54) is 4.88 Å². The molecule has 2 aromatic heterocycles. The summed E-state index contributed by atoms with van der Waals surface area (Å²) in [5.74, 6) is 6.57. The Kier molecular flexibility index (Phi) is 4.52. The lowest BCUT2D eigenvalue weighted by Gasteiger charge is -2.17. The molecule has 1 atom stereocenters. The minimum absolute atomic E-state index is 0.157. The molecule has 104 valence electrons. The first-order chi connectivity index (χ1) is 9.17. The van der Waals surface area contributed by atoms with E-state index < -0.39 is 0 Å². The normalized spacial score (nSPS) is 12.6. The fourth-order valence-electron chi connectivity index (χ4n) is 1.94. The molecule has 0 aliphatic rings. The van der Waals surface area contributed by atoms with E-state index in [2.05, 4.69) is 33.7 Å². The summed E-state index contributed by atoms with van der Waals surface area (Å²) < 4.78 is 0. The third kappa shape index (κ3) is 3.12. The van der Waals surface area contributed by atoms with Crippen molar-refractivity contribution in [2.45, 2.75) is 32.7 Å². The monoisotopic (exact) mass is 281 g/mol. The Morgan fingerprint density at radius 3 is 2.89 bits per heavy atom. The molecule has 2 aromatic rings. The maximum Gasteiger partial charge on any atom is 0.240 e. The molecule has 0 aliphatic heterocycles. The number of hydrogen-bond donors (Lipinski definition) is 4. The highest BCUT2D eigenvalue weighted by molar-refractivity contribution is 7.18. The predicted molar refractivity (Wildman–Crippen MR) is 79.4 cm³/mol. The summed E-state index contributed by atoms with van der Waals surface area (Å²) in [5, 5.41) is 13.4. The lowest BCUT2D eigenvalue weighted by atomic mass is 10.1. The number of anilines is 2. The number of fused-ring (bicyclic) bond motifs is 1. The molecule has 6 nitrogen and oxygen atoms in total. The van der Waals surface area contributed by atoms with Gasteiger partial charge in [-0.05, 0) is 25.8 Å². The molecule has 0 aromatic carbocycles. The second-order valence-corrected chi connectivity index (χ2v) is 5.61. The number of nitrogens with one attached hydrogen (secondary N) is 2. The highest BCUT2D eigenvalue weighted by Crippen LogP contribution is 2.30. The van der Waals surface area contributed by atoms with Crippen LogP contribution in [0.2, 0.25) is 0 Å². The van der Waals surface area contributed by atoms with E-state index in [1.54, 1.807) is 11.3 Å². The highest BCUT2D eigenvalue weighted by atomic mass is 32.1. The van der Waals surface area contributed by atoms with Crippen molar-refractivity contribution in [3.63, 3.8) is 0 Å². The first kappa shape index (κ1) is 14.0. The van der Waals surface area contributed by atoms with Gasteiger partial charge in [0.2, 0.25) is 5.95 Å². The summed E-state index contributed by atoms with van der Waals surface area (Å²) in [6, 6.07) is 2.25. The number of nitrogen functional groups attached to an aromatic ring is 1. The maximum atomic E-state index is 9.06. The van der Waals surface area contributed by atoms with Gasteiger partial charge in [-0.3, -0.25) is 5.43 Å². The fourth-order valence-corrected chi connectivity index (χ4v) is 2.82. The number of rotatable bonds is 6. The smallest absolute Gasteiger partial charge is 0.240 e. The summed E-state index contributed by atoms with van der Waals surface area (Å²) in [6.45, 7) is 4.27. The van der Waals surface area contributed by atoms with Gasteiger partial charge in [-0.15, -0.1) is 11.3 Å². The molecule has 5 N–H and O–H groups in total. The first-order valence-electron chi connectivity index (χ1n) is 6.30. The number of aromatic nitrogens is 2. The molecule has 0 bridgehead atoms. The van der Waals surface area contributed by atoms with Gasteiger partial charge in [-0.2, -0.15) is 4.98 Å². The Morgan fingerprint density at radius 2 is 2.26 bits per heavy atom. The molecule has 0 saturated heterocycles. The minimum atomic E-state index is 0.157. The number of aryl methyl sites for hydroxylation is 1. The van der Waals surface area contributed by atoms with Gasteiger partial charge in [0.25, 0.3) is 0 Å². The van der Waals surface area contributed by atoms with Gasteiger partial charge in [0, 0.05) is 17.5 Å². The molecular weight excluding hydrogens is 262 g/mol. The van der Waals surface area contributed by atoms with Crippen LogP contribution in [0.15, 0.2) is 6.07 Å². The summed E-state index contributed by atoms with van der Waals surface area (Å²) >= 11 is 1.61. The van der Waals surface area contributed by atoms with Crippen LogP contribution in [0, 0.1) is 6.92 Å². The maximum absolute atomic E-state index is 9.06. The third-order valence-electron chi connectivity index (χ3n) is 2.96. The number of aliphatic hydroxyl groups excluding tert-OH is 1. The molecule has 0 amide bonds. The van der Waals surface area contributed by atoms with E-state index in [1.807, 2.05) is 6.92 Å². The second kappa shape index (κ2) is 6.14. The Balaban J connectivity index is 2.39. The van der Waals surface area contributed by atoms with Crippen LogP contribution in [-0.2, 0) is 0 Å². The zero-order valence-corrected chi connectivity index (χ0v) is 11.9. The zero-order chi connectivity index (χ0) is 13.8. The van der Waals surface area contributed by atoms with E-state index in [-0.39, 0.29) is 12.6 Å². The number of nitrogens with zero attached hydrogens (tertiary/aromatic N) is 2. The van der Waals surface area contributed by atoms with Gasteiger partial charge in [0.15, 0.2) is 0 Å². The standard InChI is InChI=1S/C12H19N5OS/c1-3-8(4-5-18)14-10-9-6-7(2)19-11(9)16-12(15-10)17-13/h6,8,18H,3-5,13H2,1-2H3,(H2,14,15,16,17). The number of aliphatic hydroxyl groups is 1. The van der Waals surface area contributed by atoms with Gasteiger partial charge in [-0.25, -0.2) is 10.8 Å². The Morgan fingerprint density at radius 1 is 1.47 bits per heavy atom. The average molecular weight is 281 g/mol. The van der Waals surface area contributed by atoms with Gasteiger partial charge in [0.05, 0.1) is 5.39 Å². The lowest BCUT2D eigenvalue weighted by molar-refractivity contribution is 0.278. The highest BCUT2D eigenvalue weighted by Gasteiger charge is 2.13.